The number of pyridine rings is 1. The van der Waals surface area contributed by atoms with Gasteiger partial charge in [-0.2, -0.15) is 13.2 Å². The third-order valence-corrected chi connectivity index (χ3v) is 8.59. The number of benzene rings is 1. The van der Waals surface area contributed by atoms with Gasteiger partial charge >= 0.3 is 12.1 Å². The van der Waals surface area contributed by atoms with Crippen LogP contribution in [0, 0.1) is 11.8 Å². The highest BCUT2D eigenvalue weighted by atomic mass is 19.4. The Labute approximate surface area is 255 Å². The molecule has 0 spiro atoms. The fourth-order valence-corrected chi connectivity index (χ4v) is 6.36. The van der Waals surface area contributed by atoms with Crippen molar-refractivity contribution in [2.75, 3.05) is 26.2 Å². The number of halogens is 3. The number of rotatable bonds is 10. The van der Waals surface area contributed by atoms with Crippen LogP contribution in [0.25, 0.3) is 0 Å². The van der Waals surface area contributed by atoms with Crippen LogP contribution in [0.4, 0.5) is 13.2 Å². The largest absolute Gasteiger partial charge is 0.493 e. The van der Waals surface area contributed by atoms with E-state index in [2.05, 4.69) is 4.98 Å². The first-order valence-corrected chi connectivity index (χ1v) is 15.1. The molecule has 0 saturated carbocycles. The van der Waals surface area contributed by atoms with Crippen LogP contribution >= 0.6 is 0 Å². The molecular formula is C32H40F3N3O6. The van der Waals surface area contributed by atoms with Gasteiger partial charge in [0.2, 0.25) is 5.91 Å². The molecule has 1 aromatic carbocycles. The van der Waals surface area contributed by atoms with Crippen molar-refractivity contribution in [2.24, 2.45) is 11.8 Å². The predicted molar refractivity (Wildman–Crippen MR) is 155 cm³/mol. The van der Waals surface area contributed by atoms with Gasteiger partial charge in [0.05, 0.1) is 30.1 Å². The number of likely N-dealkylation sites (tertiary alicyclic amines) is 2. The second-order valence-corrected chi connectivity index (χ2v) is 11.9. The number of amides is 2. The summed E-state index contributed by atoms with van der Waals surface area (Å²) in [6, 6.07) is 8.47. The van der Waals surface area contributed by atoms with Crippen molar-refractivity contribution in [3.63, 3.8) is 0 Å². The van der Waals surface area contributed by atoms with Gasteiger partial charge in [-0.25, -0.2) is 0 Å². The minimum absolute atomic E-state index is 0.0436. The van der Waals surface area contributed by atoms with Crippen molar-refractivity contribution < 1.29 is 42.5 Å². The standard InChI is InChI=1S/C32H40F3N3O6/c1-3-8-25-22(9-7-16-38(25)30(42)28-24(32(33,34)35)11-6-15-36-28)29(41)37-17-13-31(43,14-18-37)23-10-4-5-12-26(23)44-20-21(2)19-27(39)40/h4-6,10-12,15,21-22,25,43H,3,7-9,13-14,16-20H2,1-2H3,(H,39,40)/t21-,22?,25?/m0/s1. The Balaban J connectivity index is 1.47. The molecule has 12 heteroatoms. The molecule has 2 fully saturated rings. The summed E-state index contributed by atoms with van der Waals surface area (Å²) >= 11 is 0. The first-order chi connectivity index (χ1) is 20.9. The van der Waals surface area contributed by atoms with Crippen molar-refractivity contribution in [1.82, 2.24) is 14.8 Å². The molecule has 2 aliphatic rings. The van der Waals surface area contributed by atoms with Gasteiger partial charge < -0.3 is 24.7 Å². The molecule has 2 saturated heterocycles. The van der Waals surface area contributed by atoms with Crippen LogP contribution in [0.3, 0.4) is 0 Å². The molecule has 3 heterocycles. The van der Waals surface area contributed by atoms with E-state index in [1.54, 1.807) is 36.1 Å². The predicted octanol–water partition coefficient (Wildman–Crippen LogP) is 5.12. The van der Waals surface area contributed by atoms with Crippen molar-refractivity contribution in [2.45, 2.75) is 76.6 Å². The Morgan fingerprint density at radius 3 is 2.48 bits per heavy atom. The fourth-order valence-electron chi connectivity index (χ4n) is 6.36. The first kappa shape index (κ1) is 33.2. The van der Waals surface area contributed by atoms with Crippen LogP contribution in [0.1, 0.15) is 80.4 Å². The molecule has 44 heavy (non-hydrogen) atoms. The lowest BCUT2D eigenvalue weighted by molar-refractivity contribution is -0.144. The summed E-state index contributed by atoms with van der Waals surface area (Å²) in [5.74, 6) is -2.26. The lowest BCUT2D eigenvalue weighted by Crippen LogP contribution is -2.55. The third kappa shape index (κ3) is 7.51. The zero-order chi connectivity index (χ0) is 32.1. The normalized spacial score (nSPS) is 21.0. The first-order valence-electron chi connectivity index (χ1n) is 15.1. The smallest absolute Gasteiger partial charge is 0.418 e. The van der Waals surface area contributed by atoms with Gasteiger partial charge in [0.1, 0.15) is 11.4 Å². The van der Waals surface area contributed by atoms with Crippen LogP contribution in [0.15, 0.2) is 42.6 Å². The molecule has 2 unspecified atom stereocenters. The van der Waals surface area contributed by atoms with Crippen LogP contribution < -0.4 is 4.74 Å². The number of aliphatic carboxylic acids is 1. The molecular weight excluding hydrogens is 579 g/mol. The Bertz CT molecular complexity index is 1330. The maximum absolute atomic E-state index is 13.9. The van der Waals surface area contributed by atoms with Gasteiger partial charge in [0, 0.05) is 43.4 Å². The fraction of sp³-hybridized carbons (Fsp3) is 0.562. The average molecular weight is 620 g/mol. The molecule has 0 aliphatic carbocycles. The molecule has 2 amide bonds. The number of piperidine rings is 2. The summed E-state index contributed by atoms with van der Waals surface area (Å²) in [7, 11) is 0. The van der Waals surface area contributed by atoms with Gasteiger partial charge in [-0.15, -0.1) is 0 Å². The van der Waals surface area contributed by atoms with E-state index in [1.807, 2.05) is 6.92 Å². The van der Waals surface area contributed by atoms with E-state index in [4.69, 9.17) is 9.84 Å². The maximum Gasteiger partial charge on any atom is 0.418 e. The molecule has 2 aliphatic heterocycles. The van der Waals surface area contributed by atoms with Gasteiger partial charge in [0.25, 0.3) is 5.91 Å². The van der Waals surface area contributed by atoms with E-state index >= 15 is 0 Å². The molecule has 2 N–H and O–H groups in total. The van der Waals surface area contributed by atoms with Gasteiger partial charge in [-0.05, 0) is 50.3 Å². The Hall–Kier alpha value is -3.67. The van der Waals surface area contributed by atoms with Crippen LogP contribution in [0.2, 0.25) is 0 Å². The van der Waals surface area contributed by atoms with Crippen LogP contribution in [-0.2, 0) is 21.4 Å². The van der Waals surface area contributed by atoms with E-state index in [1.165, 1.54) is 11.1 Å². The Morgan fingerprint density at radius 1 is 1.11 bits per heavy atom. The van der Waals surface area contributed by atoms with Crippen LogP contribution in [-0.4, -0.2) is 75.1 Å². The second-order valence-electron chi connectivity index (χ2n) is 11.9. The number of aromatic nitrogens is 1. The van der Waals surface area contributed by atoms with E-state index in [-0.39, 0.29) is 57.3 Å². The topological polar surface area (TPSA) is 120 Å². The number of hydrogen-bond donors (Lipinski definition) is 2. The number of nitrogens with zero attached hydrogens (tertiary/aromatic N) is 3. The van der Waals surface area contributed by atoms with E-state index in [9.17, 15) is 32.7 Å². The van der Waals surface area contributed by atoms with Crippen LogP contribution in [0.5, 0.6) is 5.75 Å². The summed E-state index contributed by atoms with van der Waals surface area (Å²) in [5, 5.41) is 20.7. The number of ether oxygens (including phenoxy) is 1. The van der Waals surface area contributed by atoms with Crippen molar-refractivity contribution in [3.8, 4) is 5.75 Å². The lowest BCUT2D eigenvalue weighted by atomic mass is 9.81. The third-order valence-electron chi connectivity index (χ3n) is 8.59. The summed E-state index contributed by atoms with van der Waals surface area (Å²) < 4.78 is 47.0. The quantitative estimate of drug-likeness (QED) is 0.379. The number of carbonyl (C=O) groups is 3. The van der Waals surface area contributed by atoms with Gasteiger partial charge in [0.15, 0.2) is 0 Å². The number of para-hydroxylation sites is 1. The number of carboxylic acid groups (broad SMARTS) is 1. The van der Waals surface area contributed by atoms with E-state index in [0.29, 0.717) is 37.0 Å². The molecule has 0 bridgehead atoms. The highest BCUT2D eigenvalue weighted by molar-refractivity contribution is 5.95. The van der Waals surface area contributed by atoms with Crippen molar-refractivity contribution in [3.05, 3.63) is 59.4 Å². The number of aliphatic hydroxyl groups is 1. The van der Waals surface area contributed by atoms with Crippen molar-refractivity contribution in [1.29, 1.82) is 0 Å². The van der Waals surface area contributed by atoms with E-state index < -0.39 is 46.9 Å². The minimum Gasteiger partial charge on any atom is -0.493 e. The molecule has 240 valence electrons. The lowest BCUT2D eigenvalue weighted by Gasteiger charge is -2.45. The maximum atomic E-state index is 13.9. The SMILES string of the molecule is CCCC1C(C(=O)N2CCC(O)(c3ccccc3OC[C@@H](C)CC(=O)O)CC2)CCCN1C(=O)c1ncccc1C(F)(F)F. The van der Waals surface area contributed by atoms with Gasteiger partial charge in [-0.3, -0.25) is 19.4 Å². The Kier molecular flexibility index (Phi) is 10.5. The summed E-state index contributed by atoms with van der Waals surface area (Å²) in [6.45, 7) is 4.59. The highest BCUT2D eigenvalue weighted by Crippen LogP contribution is 2.40. The van der Waals surface area contributed by atoms with Crippen molar-refractivity contribution >= 4 is 17.8 Å². The Morgan fingerprint density at radius 2 is 1.82 bits per heavy atom. The highest BCUT2D eigenvalue weighted by Gasteiger charge is 2.45. The molecule has 0 radical (unpaired) electrons. The zero-order valence-electron chi connectivity index (χ0n) is 25.1. The van der Waals surface area contributed by atoms with E-state index in [0.717, 1.165) is 12.1 Å². The summed E-state index contributed by atoms with van der Waals surface area (Å²) in [5.41, 5.74) is -2.45. The molecule has 3 atom stereocenters. The monoisotopic (exact) mass is 619 g/mol. The molecule has 2 aromatic rings. The second kappa shape index (κ2) is 14.0. The number of alkyl halides is 3. The summed E-state index contributed by atoms with van der Waals surface area (Å²) in [6.07, 6.45) is -1.08. The average Bonchev–Trinajstić information content (AvgIpc) is 2.99. The van der Waals surface area contributed by atoms with Gasteiger partial charge in [-0.1, -0.05) is 38.5 Å². The minimum atomic E-state index is -4.74. The summed E-state index contributed by atoms with van der Waals surface area (Å²) in [4.78, 5) is 45.3. The number of carboxylic acids is 1. The molecule has 4 rings (SSSR count). The molecule has 1 aromatic heterocycles. The molecule has 9 nitrogen and oxygen atoms in total. The zero-order valence-corrected chi connectivity index (χ0v) is 25.1. The number of carbonyl (C=O) groups excluding carboxylic acids is 2. The number of hydrogen-bond acceptors (Lipinski definition) is 6.